The number of aromatic nitrogens is 2. The molecule has 0 radical (unpaired) electrons. The molecule has 0 saturated carbocycles. The zero-order valence-corrected chi connectivity index (χ0v) is 18.1. The van der Waals surface area contributed by atoms with E-state index in [-0.39, 0.29) is 5.69 Å². The standard InChI is InChI=1S/C21H18Cl2F3N5O/c22-14-5-7-15(8-6-14)31-19(21(24,25)26)17(13-27-31)28-20(32)30-11-9-29(10-12-30)18-4-2-1-3-16(18)23/h1-8,13H,9-12H2,(H,28,32). The first kappa shape index (κ1) is 22.3. The Balaban J connectivity index is 1.49. The molecule has 1 fully saturated rings. The molecule has 32 heavy (non-hydrogen) atoms. The summed E-state index contributed by atoms with van der Waals surface area (Å²) < 4.78 is 42.2. The second-order valence-corrected chi connectivity index (χ2v) is 7.99. The minimum Gasteiger partial charge on any atom is -0.367 e. The van der Waals surface area contributed by atoms with E-state index in [1.807, 2.05) is 23.1 Å². The van der Waals surface area contributed by atoms with Crippen LogP contribution in [-0.4, -0.2) is 46.9 Å². The van der Waals surface area contributed by atoms with Crippen LogP contribution in [0.5, 0.6) is 0 Å². The summed E-state index contributed by atoms with van der Waals surface area (Å²) in [5.74, 6) is 0. The zero-order chi connectivity index (χ0) is 22.9. The normalized spacial score (nSPS) is 14.5. The van der Waals surface area contributed by atoms with Crippen LogP contribution in [0.1, 0.15) is 5.69 Å². The first-order valence-corrected chi connectivity index (χ1v) is 10.5. The van der Waals surface area contributed by atoms with E-state index >= 15 is 0 Å². The number of para-hydroxylation sites is 1. The van der Waals surface area contributed by atoms with Gasteiger partial charge in [0.15, 0.2) is 5.69 Å². The molecule has 3 aromatic rings. The first-order chi connectivity index (χ1) is 15.2. The maximum absolute atomic E-state index is 13.8. The van der Waals surface area contributed by atoms with Gasteiger partial charge in [0.25, 0.3) is 0 Å². The number of nitrogens with zero attached hydrogens (tertiary/aromatic N) is 4. The van der Waals surface area contributed by atoms with Crippen LogP contribution >= 0.6 is 23.2 Å². The lowest BCUT2D eigenvalue weighted by molar-refractivity contribution is -0.142. The van der Waals surface area contributed by atoms with Crippen LogP contribution in [0, 0.1) is 0 Å². The van der Waals surface area contributed by atoms with E-state index in [1.165, 1.54) is 29.2 Å². The number of hydrogen-bond acceptors (Lipinski definition) is 3. The van der Waals surface area contributed by atoms with Crippen LogP contribution in [0.25, 0.3) is 5.69 Å². The average molecular weight is 484 g/mol. The summed E-state index contributed by atoms with van der Waals surface area (Å²) in [6.07, 6.45) is -3.74. The molecule has 1 aliphatic heterocycles. The smallest absolute Gasteiger partial charge is 0.367 e. The number of benzene rings is 2. The van der Waals surface area contributed by atoms with Crippen molar-refractivity contribution in [2.75, 3.05) is 36.4 Å². The molecular formula is C21H18Cl2F3N5O. The van der Waals surface area contributed by atoms with Crippen LogP contribution in [-0.2, 0) is 6.18 Å². The highest BCUT2D eigenvalue weighted by molar-refractivity contribution is 6.33. The Bertz CT molecular complexity index is 1110. The summed E-state index contributed by atoms with van der Waals surface area (Å²) in [6.45, 7) is 1.69. The van der Waals surface area contributed by atoms with Gasteiger partial charge in [-0.1, -0.05) is 35.3 Å². The number of carbonyl (C=O) groups excluding carboxylic acids is 1. The van der Waals surface area contributed by atoms with Crippen molar-refractivity contribution >= 4 is 40.6 Å². The predicted octanol–water partition coefficient (Wildman–Crippen LogP) is 5.55. The van der Waals surface area contributed by atoms with E-state index in [4.69, 9.17) is 23.2 Å². The molecule has 0 atom stereocenters. The molecule has 1 N–H and O–H groups in total. The van der Waals surface area contributed by atoms with Gasteiger partial charge in [-0.05, 0) is 36.4 Å². The topological polar surface area (TPSA) is 53.4 Å². The molecule has 0 unspecified atom stereocenters. The van der Waals surface area contributed by atoms with Crippen LogP contribution < -0.4 is 10.2 Å². The van der Waals surface area contributed by atoms with Crippen LogP contribution in [0.15, 0.2) is 54.7 Å². The highest BCUT2D eigenvalue weighted by Gasteiger charge is 2.39. The van der Waals surface area contributed by atoms with Crippen molar-refractivity contribution in [1.29, 1.82) is 0 Å². The summed E-state index contributed by atoms with van der Waals surface area (Å²) in [6, 6.07) is 12.5. The zero-order valence-electron chi connectivity index (χ0n) is 16.6. The molecule has 0 aliphatic carbocycles. The van der Waals surface area contributed by atoms with Crippen molar-refractivity contribution in [3.63, 3.8) is 0 Å². The molecular weight excluding hydrogens is 466 g/mol. The van der Waals surface area contributed by atoms with Crippen molar-refractivity contribution in [3.05, 3.63) is 70.5 Å². The number of anilines is 2. The van der Waals surface area contributed by atoms with Gasteiger partial charge in [0.05, 0.1) is 28.3 Å². The number of rotatable bonds is 3. The van der Waals surface area contributed by atoms with Crippen molar-refractivity contribution in [1.82, 2.24) is 14.7 Å². The van der Waals surface area contributed by atoms with Gasteiger partial charge in [-0.15, -0.1) is 0 Å². The molecule has 0 spiro atoms. The Morgan fingerprint density at radius 2 is 1.62 bits per heavy atom. The van der Waals surface area contributed by atoms with E-state index in [9.17, 15) is 18.0 Å². The number of hydrogen-bond donors (Lipinski definition) is 1. The summed E-state index contributed by atoms with van der Waals surface area (Å²) >= 11 is 12.0. The average Bonchev–Trinajstić information content (AvgIpc) is 3.19. The van der Waals surface area contributed by atoms with E-state index < -0.39 is 23.6 Å². The third-order valence-corrected chi connectivity index (χ3v) is 5.68. The number of alkyl halides is 3. The third-order valence-electron chi connectivity index (χ3n) is 5.11. The Kier molecular flexibility index (Phi) is 6.21. The minimum absolute atomic E-state index is 0.176. The number of nitrogens with one attached hydrogen (secondary N) is 1. The van der Waals surface area contributed by atoms with E-state index in [2.05, 4.69) is 10.4 Å². The Morgan fingerprint density at radius 3 is 2.25 bits per heavy atom. The Morgan fingerprint density at radius 1 is 0.969 bits per heavy atom. The first-order valence-electron chi connectivity index (χ1n) is 9.70. The second-order valence-electron chi connectivity index (χ2n) is 7.15. The van der Waals surface area contributed by atoms with Gasteiger partial charge >= 0.3 is 12.2 Å². The fraction of sp³-hybridized carbons (Fsp3) is 0.238. The number of carbonyl (C=O) groups is 1. The summed E-state index contributed by atoms with van der Waals surface area (Å²) in [5.41, 5.74) is -0.442. The van der Waals surface area contributed by atoms with Gasteiger partial charge in [-0.3, -0.25) is 0 Å². The number of piperazine rings is 1. The molecule has 168 valence electrons. The summed E-state index contributed by atoms with van der Waals surface area (Å²) in [7, 11) is 0. The molecule has 11 heteroatoms. The predicted molar refractivity (Wildman–Crippen MR) is 118 cm³/mol. The molecule has 1 saturated heterocycles. The maximum Gasteiger partial charge on any atom is 0.435 e. The molecule has 2 heterocycles. The van der Waals surface area contributed by atoms with Gasteiger partial charge in [-0.2, -0.15) is 18.3 Å². The Labute approximate surface area is 192 Å². The van der Waals surface area contributed by atoms with Gasteiger partial charge in [0, 0.05) is 31.2 Å². The quantitative estimate of drug-likeness (QED) is 0.531. The van der Waals surface area contributed by atoms with Gasteiger partial charge < -0.3 is 15.1 Å². The van der Waals surface area contributed by atoms with Gasteiger partial charge in [0.2, 0.25) is 0 Å². The van der Waals surface area contributed by atoms with Crippen LogP contribution in [0.3, 0.4) is 0 Å². The number of urea groups is 1. The van der Waals surface area contributed by atoms with E-state index in [1.54, 1.807) is 6.07 Å². The van der Waals surface area contributed by atoms with Crippen molar-refractivity contribution in [2.45, 2.75) is 6.18 Å². The van der Waals surface area contributed by atoms with Gasteiger partial charge in [-0.25, -0.2) is 9.48 Å². The molecule has 0 bridgehead atoms. The molecule has 2 aromatic carbocycles. The van der Waals surface area contributed by atoms with Crippen LogP contribution in [0.4, 0.5) is 29.3 Å². The lowest BCUT2D eigenvalue weighted by Crippen LogP contribution is -2.50. The molecule has 4 rings (SSSR count). The maximum atomic E-state index is 13.8. The minimum atomic E-state index is -4.73. The Hall–Kier alpha value is -2.91. The largest absolute Gasteiger partial charge is 0.435 e. The van der Waals surface area contributed by atoms with Crippen LogP contribution in [0.2, 0.25) is 10.0 Å². The fourth-order valence-corrected chi connectivity index (χ4v) is 3.92. The monoisotopic (exact) mass is 483 g/mol. The van der Waals surface area contributed by atoms with E-state index in [0.717, 1.165) is 16.6 Å². The fourth-order valence-electron chi connectivity index (χ4n) is 3.54. The number of halogens is 5. The summed E-state index contributed by atoms with van der Waals surface area (Å²) in [5, 5.41) is 7.20. The lowest BCUT2D eigenvalue weighted by atomic mass is 10.2. The highest BCUT2D eigenvalue weighted by atomic mass is 35.5. The van der Waals surface area contributed by atoms with Crippen molar-refractivity contribution in [3.8, 4) is 5.69 Å². The molecule has 1 aromatic heterocycles. The lowest BCUT2D eigenvalue weighted by Gasteiger charge is -2.36. The second kappa shape index (κ2) is 8.91. The van der Waals surface area contributed by atoms with E-state index in [0.29, 0.717) is 36.2 Å². The van der Waals surface area contributed by atoms with Crippen molar-refractivity contribution in [2.24, 2.45) is 0 Å². The molecule has 6 nitrogen and oxygen atoms in total. The van der Waals surface area contributed by atoms with Gasteiger partial charge in [0.1, 0.15) is 0 Å². The SMILES string of the molecule is O=C(Nc1cnn(-c2ccc(Cl)cc2)c1C(F)(F)F)N1CCN(c2ccccc2Cl)CC1. The third kappa shape index (κ3) is 4.63. The molecule has 2 amide bonds. The molecule has 1 aliphatic rings. The highest BCUT2D eigenvalue weighted by Crippen LogP contribution is 2.36. The summed E-state index contributed by atoms with van der Waals surface area (Å²) in [4.78, 5) is 16.2. The number of amides is 2. The van der Waals surface area contributed by atoms with Crippen molar-refractivity contribution < 1.29 is 18.0 Å².